The molecule has 0 saturated heterocycles. The van der Waals surface area contributed by atoms with Crippen molar-refractivity contribution in [2.75, 3.05) is 6.26 Å². The third-order valence-electron chi connectivity index (χ3n) is 8.00. The minimum absolute atomic E-state index is 0.109. The smallest absolute Gasteiger partial charge is 0.246 e. The Morgan fingerprint density at radius 3 is 2.66 bits per heavy atom. The van der Waals surface area contributed by atoms with E-state index in [4.69, 9.17) is 9.40 Å². The predicted molar refractivity (Wildman–Crippen MR) is 139 cm³/mol. The van der Waals surface area contributed by atoms with Crippen molar-refractivity contribution in [3.05, 3.63) is 77.2 Å². The molecule has 38 heavy (non-hydrogen) atoms. The number of hydrogen-bond donors (Lipinski definition) is 1. The van der Waals surface area contributed by atoms with Crippen LogP contribution < -0.4 is 4.72 Å². The van der Waals surface area contributed by atoms with Crippen LogP contribution in [0.1, 0.15) is 55.3 Å². The zero-order valence-electron chi connectivity index (χ0n) is 21.2. The summed E-state index contributed by atoms with van der Waals surface area (Å²) in [5.74, 6) is 2.63. The molecule has 2 aliphatic rings. The minimum atomic E-state index is -2.38. The molecule has 3 atom stereocenters. The third kappa shape index (κ3) is 3.67. The van der Waals surface area contributed by atoms with Gasteiger partial charge < -0.3 is 4.42 Å². The lowest BCUT2D eigenvalue weighted by Crippen LogP contribution is -2.38. The van der Waals surface area contributed by atoms with Crippen LogP contribution in [0.25, 0.3) is 22.8 Å². The molecule has 6 rings (SSSR count). The van der Waals surface area contributed by atoms with E-state index in [-0.39, 0.29) is 29.1 Å². The summed E-state index contributed by atoms with van der Waals surface area (Å²) in [4.78, 5) is 13.9. The summed E-state index contributed by atoms with van der Waals surface area (Å²) in [5, 5.41) is 8.84. The molecular formula is C27H26F2N6O2S. The predicted octanol–water partition coefficient (Wildman–Crippen LogP) is 4.42. The van der Waals surface area contributed by atoms with Gasteiger partial charge >= 0.3 is 0 Å². The van der Waals surface area contributed by atoms with Crippen molar-refractivity contribution in [3.63, 3.8) is 0 Å². The van der Waals surface area contributed by atoms with E-state index in [0.29, 0.717) is 23.0 Å². The van der Waals surface area contributed by atoms with Crippen molar-refractivity contribution >= 4 is 15.6 Å². The van der Waals surface area contributed by atoms with Crippen molar-refractivity contribution in [3.8, 4) is 22.8 Å². The summed E-state index contributed by atoms with van der Waals surface area (Å²) in [5.41, 5.74) is 2.54. The number of aromatic nitrogens is 5. The van der Waals surface area contributed by atoms with Crippen molar-refractivity contribution in [1.29, 1.82) is 0 Å². The molecule has 0 radical (unpaired) electrons. The number of rotatable bonds is 6. The standard InChI is InChI=1S/C27H26F2N6O2S/c1-26(2)17-8-9-27(26,24-16(17)10-20(34-35-24)23-18(28)6-5-7-19(23)29)22-13-30-12-21(33-22)25-32-15(14-37-25)11-31-38(3,4)36/h5-7,10,12-14,17H,3,8-9,11H2,1-2,4H3,(H,31,36)/t17-,27-,38?/m0/s1. The maximum absolute atomic E-state index is 14.5. The van der Waals surface area contributed by atoms with E-state index in [2.05, 4.69) is 44.6 Å². The fourth-order valence-corrected chi connectivity index (χ4v) is 6.62. The van der Waals surface area contributed by atoms with Gasteiger partial charge in [-0.2, -0.15) is 5.10 Å². The summed E-state index contributed by atoms with van der Waals surface area (Å²) in [6.45, 7) is 4.57. The molecule has 0 aliphatic heterocycles. The van der Waals surface area contributed by atoms with Crippen molar-refractivity contribution < 1.29 is 17.4 Å². The molecule has 8 nitrogen and oxygen atoms in total. The highest BCUT2D eigenvalue weighted by Crippen LogP contribution is 2.69. The molecule has 2 aliphatic carbocycles. The van der Waals surface area contributed by atoms with Gasteiger partial charge in [0.2, 0.25) is 5.89 Å². The van der Waals surface area contributed by atoms with E-state index < -0.39 is 26.8 Å². The second kappa shape index (κ2) is 8.47. The maximum Gasteiger partial charge on any atom is 0.246 e. The normalized spacial score (nSPS) is 22.8. The zero-order chi connectivity index (χ0) is 26.9. The molecule has 11 heteroatoms. The van der Waals surface area contributed by atoms with Crippen LogP contribution in [-0.2, 0) is 21.7 Å². The van der Waals surface area contributed by atoms with E-state index in [1.807, 2.05) is 0 Å². The lowest BCUT2D eigenvalue weighted by molar-refractivity contribution is 0.242. The molecule has 1 unspecified atom stereocenters. The quantitative estimate of drug-likeness (QED) is 0.364. The number of nitrogens with one attached hydrogen (secondary N) is 1. The fourth-order valence-electron chi connectivity index (χ4n) is 6.16. The average molecular weight is 537 g/mol. The Hall–Kier alpha value is -3.57. The Morgan fingerprint density at radius 1 is 1.16 bits per heavy atom. The highest BCUT2D eigenvalue weighted by molar-refractivity contribution is 7.97. The molecule has 2 bridgehead atoms. The molecule has 1 aromatic carbocycles. The van der Waals surface area contributed by atoms with Gasteiger partial charge in [0.25, 0.3) is 0 Å². The topological polar surface area (TPSA) is 107 Å². The SMILES string of the molecule is C=S(C)(=O)NCc1coc(-c2cncc([C@@]34CC[C@@H](c5cc(-c6c(F)cccc6F)nnc53)C4(C)C)n2)n1. The first-order chi connectivity index (χ1) is 18.0. The summed E-state index contributed by atoms with van der Waals surface area (Å²) < 4.78 is 49.4. The Morgan fingerprint density at radius 2 is 1.92 bits per heavy atom. The number of oxazole rings is 1. The van der Waals surface area contributed by atoms with Crippen molar-refractivity contribution in [2.45, 2.75) is 44.6 Å². The van der Waals surface area contributed by atoms with Gasteiger partial charge in [0.15, 0.2) is 0 Å². The fraction of sp³-hybridized carbons (Fsp3) is 0.333. The Balaban J connectivity index is 1.41. The minimum Gasteiger partial charge on any atom is -0.443 e. The summed E-state index contributed by atoms with van der Waals surface area (Å²) >= 11 is 0. The van der Waals surface area contributed by atoms with E-state index in [1.165, 1.54) is 30.7 Å². The van der Waals surface area contributed by atoms with E-state index >= 15 is 0 Å². The number of hydrogen-bond acceptors (Lipinski definition) is 7. The lowest BCUT2D eigenvalue weighted by Gasteiger charge is -2.37. The second-order valence-electron chi connectivity index (χ2n) is 10.6. The Labute approximate surface area is 219 Å². The second-order valence-corrected chi connectivity index (χ2v) is 12.9. The van der Waals surface area contributed by atoms with Crippen LogP contribution in [0, 0.1) is 17.0 Å². The van der Waals surface area contributed by atoms with Crippen molar-refractivity contribution in [1.82, 2.24) is 29.9 Å². The van der Waals surface area contributed by atoms with Crippen molar-refractivity contribution in [2.24, 2.45) is 5.41 Å². The van der Waals surface area contributed by atoms with Crippen LogP contribution in [0.5, 0.6) is 0 Å². The Bertz CT molecular complexity index is 1670. The van der Waals surface area contributed by atoms with Gasteiger partial charge in [-0.1, -0.05) is 19.9 Å². The van der Waals surface area contributed by atoms with Gasteiger partial charge in [-0.25, -0.2) is 23.5 Å². The zero-order valence-corrected chi connectivity index (χ0v) is 22.0. The van der Waals surface area contributed by atoms with Crippen LogP contribution in [0.15, 0.2) is 47.3 Å². The van der Waals surface area contributed by atoms with Gasteiger partial charge in [-0.05, 0) is 53.8 Å². The molecule has 1 N–H and O–H groups in total. The molecule has 1 saturated carbocycles. The first-order valence-electron chi connectivity index (χ1n) is 12.2. The summed E-state index contributed by atoms with van der Waals surface area (Å²) in [6.07, 6.45) is 7.96. The number of fused-ring (bicyclic) bond motifs is 5. The largest absolute Gasteiger partial charge is 0.443 e. The van der Waals surface area contributed by atoms with E-state index in [1.54, 1.807) is 18.5 Å². The van der Waals surface area contributed by atoms with Crippen LogP contribution in [0.4, 0.5) is 8.78 Å². The lowest BCUT2D eigenvalue weighted by atomic mass is 9.66. The first kappa shape index (κ1) is 24.7. The van der Waals surface area contributed by atoms with Crippen LogP contribution in [0.2, 0.25) is 0 Å². The highest BCUT2D eigenvalue weighted by Gasteiger charge is 2.65. The first-order valence-corrected chi connectivity index (χ1v) is 14.3. The number of nitrogens with zero attached hydrogens (tertiary/aromatic N) is 5. The molecule has 0 spiro atoms. The van der Waals surface area contributed by atoms with Gasteiger partial charge in [-0.15, -0.1) is 5.10 Å². The number of benzene rings is 1. The molecule has 3 aromatic heterocycles. The van der Waals surface area contributed by atoms with Crippen LogP contribution >= 0.6 is 0 Å². The molecular weight excluding hydrogens is 510 g/mol. The molecule has 3 heterocycles. The molecule has 196 valence electrons. The maximum atomic E-state index is 14.5. The Kier molecular flexibility index (Phi) is 5.52. The monoisotopic (exact) mass is 536 g/mol. The van der Waals surface area contributed by atoms with Crippen LogP contribution in [0.3, 0.4) is 0 Å². The van der Waals surface area contributed by atoms with Gasteiger partial charge in [0, 0.05) is 22.2 Å². The number of halogens is 2. The summed E-state index contributed by atoms with van der Waals surface area (Å²) in [6, 6.07) is 5.54. The molecule has 1 fully saturated rings. The van der Waals surface area contributed by atoms with Gasteiger partial charge in [0.1, 0.15) is 23.6 Å². The third-order valence-corrected chi connectivity index (χ3v) is 8.76. The van der Waals surface area contributed by atoms with Gasteiger partial charge in [0.05, 0.1) is 46.5 Å². The molecule has 4 aromatic rings. The molecule has 0 amide bonds. The summed E-state index contributed by atoms with van der Waals surface area (Å²) in [7, 11) is -2.38. The highest BCUT2D eigenvalue weighted by atomic mass is 32.2. The van der Waals surface area contributed by atoms with E-state index in [9.17, 15) is 13.0 Å². The average Bonchev–Trinajstić information content (AvgIpc) is 3.50. The van der Waals surface area contributed by atoms with Gasteiger partial charge in [-0.3, -0.25) is 9.19 Å². The van der Waals surface area contributed by atoms with Crippen LogP contribution in [-0.4, -0.2) is 41.5 Å². The van der Waals surface area contributed by atoms with E-state index in [0.717, 1.165) is 24.1 Å².